The number of hydrogen-bond donors (Lipinski definition) is 3. The Balaban J connectivity index is 1.39. The largest absolute Gasteiger partial charge is 0.506 e. The van der Waals surface area contributed by atoms with Crippen LogP contribution in [0.5, 0.6) is 5.75 Å². The Kier molecular flexibility index (Phi) is 7.79. The summed E-state index contributed by atoms with van der Waals surface area (Å²) >= 11 is 0. The van der Waals surface area contributed by atoms with Crippen LogP contribution in [0.15, 0.2) is 35.2 Å². The molecule has 2 fully saturated rings. The fourth-order valence-electron chi connectivity index (χ4n) is 5.49. The highest BCUT2D eigenvalue weighted by Crippen LogP contribution is 2.32. The van der Waals surface area contributed by atoms with Crippen molar-refractivity contribution < 1.29 is 13.5 Å². The van der Waals surface area contributed by atoms with E-state index in [0.717, 1.165) is 57.4 Å². The molecule has 3 aromatic rings. The molecule has 0 bridgehead atoms. The molecule has 0 amide bonds. The zero-order valence-corrected chi connectivity index (χ0v) is 23.7. The molecule has 0 unspecified atom stereocenters. The van der Waals surface area contributed by atoms with Crippen molar-refractivity contribution in [1.29, 1.82) is 0 Å². The quantitative estimate of drug-likeness (QED) is 0.347. The van der Waals surface area contributed by atoms with Crippen molar-refractivity contribution in [3.63, 3.8) is 0 Å². The number of anilines is 5. The van der Waals surface area contributed by atoms with Crippen LogP contribution in [-0.4, -0.2) is 54.7 Å². The van der Waals surface area contributed by atoms with Gasteiger partial charge in [-0.25, -0.2) is 8.42 Å². The lowest BCUT2D eigenvalue weighted by Gasteiger charge is -2.30. The van der Waals surface area contributed by atoms with Crippen LogP contribution < -0.4 is 19.8 Å². The summed E-state index contributed by atoms with van der Waals surface area (Å²) in [6.07, 6.45) is 6.87. The monoisotopic (exact) mass is 551 g/mol. The highest BCUT2D eigenvalue weighted by Gasteiger charge is 2.23. The Bertz CT molecular complexity index is 1390. The van der Waals surface area contributed by atoms with Crippen LogP contribution in [0.3, 0.4) is 0 Å². The first-order valence-corrected chi connectivity index (χ1v) is 15.1. The molecule has 39 heavy (non-hydrogen) atoms. The summed E-state index contributed by atoms with van der Waals surface area (Å²) in [5, 5.41) is 13.9. The van der Waals surface area contributed by atoms with Crippen LogP contribution in [0.2, 0.25) is 0 Å². The smallest absolute Gasteiger partial charge is 0.262 e. The van der Waals surface area contributed by atoms with Gasteiger partial charge in [-0.05, 0) is 82.6 Å². The van der Waals surface area contributed by atoms with E-state index in [2.05, 4.69) is 19.8 Å². The second-order valence-corrected chi connectivity index (χ2v) is 12.2. The van der Waals surface area contributed by atoms with E-state index < -0.39 is 10.0 Å². The van der Waals surface area contributed by atoms with Gasteiger partial charge in [0.1, 0.15) is 5.75 Å². The highest BCUT2D eigenvalue weighted by atomic mass is 32.2. The molecule has 3 heterocycles. The Morgan fingerprint density at radius 1 is 0.769 bits per heavy atom. The van der Waals surface area contributed by atoms with E-state index in [1.165, 1.54) is 25.0 Å². The zero-order valence-electron chi connectivity index (χ0n) is 22.9. The van der Waals surface area contributed by atoms with Gasteiger partial charge in [0.2, 0.25) is 17.8 Å². The Hall–Kier alpha value is -3.60. The summed E-state index contributed by atoms with van der Waals surface area (Å²) in [6, 6.07) is 8.36. The predicted octanol–water partition coefficient (Wildman–Crippen LogP) is 5.03. The van der Waals surface area contributed by atoms with Crippen molar-refractivity contribution in [3.8, 4) is 5.75 Å². The van der Waals surface area contributed by atoms with Crippen LogP contribution in [0.1, 0.15) is 55.2 Å². The summed E-state index contributed by atoms with van der Waals surface area (Å²) < 4.78 is 28.9. The first kappa shape index (κ1) is 27.0. The predicted molar refractivity (Wildman–Crippen MR) is 155 cm³/mol. The summed E-state index contributed by atoms with van der Waals surface area (Å²) in [5.74, 6) is 1.51. The standard InChI is InChI=1S/C28H37N7O3S/c1-19-16-20(2)25(21(3)17-19)39(37,38)33-23-11-10-22(18-24(23)36)29-26-30-27(34-12-6-4-7-13-34)32-28(31-26)35-14-8-5-9-15-35/h10-11,16-18,33,36H,4-9,12-15H2,1-3H3,(H,29,30,31,32). The molecular formula is C28H37N7O3S. The van der Waals surface area contributed by atoms with Gasteiger partial charge in [0.25, 0.3) is 10.0 Å². The number of nitrogens with one attached hydrogen (secondary N) is 2. The van der Waals surface area contributed by atoms with E-state index in [1.54, 1.807) is 19.9 Å². The van der Waals surface area contributed by atoms with E-state index >= 15 is 0 Å². The normalized spacial score (nSPS) is 16.3. The van der Waals surface area contributed by atoms with Crippen molar-refractivity contribution in [2.45, 2.75) is 64.2 Å². The van der Waals surface area contributed by atoms with Crippen molar-refractivity contribution in [2.75, 3.05) is 46.0 Å². The SMILES string of the molecule is Cc1cc(C)c(S(=O)(=O)Nc2ccc(Nc3nc(N4CCCCC4)nc(N4CCCCC4)n3)cc2O)c(C)c1. The van der Waals surface area contributed by atoms with Crippen molar-refractivity contribution >= 4 is 39.2 Å². The van der Waals surface area contributed by atoms with Crippen molar-refractivity contribution in [2.24, 2.45) is 0 Å². The van der Waals surface area contributed by atoms with Gasteiger partial charge in [0, 0.05) is 37.9 Å². The number of aromatic hydroxyl groups is 1. The minimum atomic E-state index is -3.90. The van der Waals surface area contributed by atoms with E-state index in [9.17, 15) is 13.5 Å². The average molecular weight is 552 g/mol. The van der Waals surface area contributed by atoms with Gasteiger partial charge in [-0.15, -0.1) is 0 Å². The summed E-state index contributed by atoms with van der Waals surface area (Å²) in [6.45, 7) is 9.13. The molecule has 2 aromatic carbocycles. The van der Waals surface area contributed by atoms with E-state index in [0.29, 0.717) is 34.7 Å². The van der Waals surface area contributed by atoms with E-state index in [4.69, 9.17) is 15.0 Å². The molecule has 0 aliphatic carbocycles. The molecule has 11 heteroatoms. The second kappa shape index (κ2) is 11.3. The number of nitrogens with zero attached hydrogens (tertiary/aromatic N) is 5. The number of rotatable bonds is 7. The third-order valence-electron chi connectivity index (χ3n) is 7.26. The number of aromatic nitrogens is 3. The van der Waals surface area contributed by atoms with Gasteiger partial charge in [-0.2, -0.15) is 15.0 Å². The molecule has 2 saturated heterocycles. The maximum absolute atomic E-state index is 13.2. The molecule has 0 spiro atoms. The van der Waals surface area contributed by atoms with Crippen molar-refractivity contribution in [3.05, 3.63) is 47.0 Å². The Morgan fingerprint density at radius 3 is 1.82 bits per heavy atom. The lowest BCUT2D eigenvalue weighted by Crippen LogP contribution is -2.34. The third kappa shape index (κ3) is 6.19. The van der Waals surface area contributed by atoms with Crippen LogP contribution >= 0.6 is 0 Å². The number of hydrogen-bond acceptors (Lipinski definition) is 9. The molecule has 1 aromatic heterocycles. The van der Waals surface area contributed by atoms with E-state index in [1.807, 2.05) is 19.1 Å². The summed E-state index contributed by atoms with van der Waals surface area (Å²) in [7, 11) is -3.90. The van der Waals surface area contributed by atoms with Gasteiger partial charge in [-0.3, -0.25) is 4.72 Å². The molecule has 3 N–H and O–H groups in total. The van der Waals surface area contributed by atoms with Crippen LogP contribution in [0.25, 0.3) is 0 Å². The Labute approximate surface area is 230 Å². The maximum Gasteiger partial charge on any atom is 0.262 e. The van der Waals surface area contributed by atoms with Crippen LogP contribution in [-0.2, 0) is 10.0 Å². The maximum atomic E-state index is 13.2. The lowest BCUT2D eigenvalue weighted by atomic mass is 10.1. The van der Waals surface area contributed by atoms with E-state index in [-0.39, 0.29) is 16.3 Å². The first-order valence-electron chi connectivity index (χ1n) is 13.7. The molecule has 5 rings (SSSR count). The van der Waals surface area contributed by atoms with Gasteiger partial charge < -0.3 is 20.2 Å². The minimum Gasteiger partial charge on any atom is -0.506 e. The van der Waals surface area contributed by atoms with Gasteiger partial charge in [0.15, 0.2) is 0 Å². The zero-order chi connectivity index (χ0) is 27.6. The summed E-state index contributed by atoms with van der Waals surface area (Å²) in [4.78, 5) is 18.8. The molecule has 0 atom stereocenters. The lowest BCUT2D eigenvalue weighted by molar-refractivity contribution is 0.478. The number of phenolic OH excluding ortho intramolecular Hbond substituents is 1. The van der Waals surface area contributed by atoms with Gasteiger partial charge in [-0.1, -0.05) is 17.7 Å². The molecule has 0 radical (unpaired) electrons. The first-order chi connectivity index (χ1) is 18.7. The fourth-order valence-corrected chi connectivity index (χ4v) is 7.02. The second-order valence-electron chi connectivity index (χ2n) is 10.5. The number of aryl methyl sites for hydroxylation is 3. The third-order valence-corrected chi connectivity index (χ3v) is 8.93. The number of phenols is 1. The van der Waals surface area contributed by atoms with Gasteiger partial charge >= 0.3 is 0 Å². The minimum absolute atomic E-state index is 0.0959. The fraction of sp³-hybridized carbons (Fsp3) is 0.464. The molecule has 0 saturated carbocycles. The Morgan fingerprint density at radius 2 is 1.31 bits per heavy atom. The highest BCUT2D eigenvalue weighted by molar-refractivity contribution is 7.92. The molecule has 10 nitrogen and oxygen atoms in total. The average Bonchev–Trinajstić information content (AvgIpc) is 2.90. The molecule has 2 aliphatic heterocycles. The van der Waals surface area contributed by atoms with Gasteiger partial charge in [0.05, 0.1) is 10.6 Å². The topological polar surface area (TPSA) is 124 Å². The molecular weight excluding hydrogens is 514 g/mol. The van der Waals surface area contributed by atoms with Crippen molar-refractivity contribution in [1.82, 2.24) is 15.0 Å². The summed E-state index contributed by atoms with van der Waals surface area (Å²) in [5.41, 5.74) is 2.94. The number of sulfonamides is 1. The molecule has 208 valence electrons. The number of benzene rings is 2. The van der Waals surface area contributed by atoms with Crippen LogP contribution in [0, 0.1) is 20.8 Å². The van der Waals surface area contributed by atoms with Crippen LogP contribution in [0.4, 0.5) is 29.2 Å². The molecule has 2 aliphatic rings. The number of piperidine rings is 2.